The van der Waals surface area contributed by atoms with Gasteiger partial charge in [-0.05, 0) is 50.9 Å². The smallest absolute Gasteiger partial charge is 0.160 e. The summed E-state index contributed by atoms with van der Waals surface area (Å²) in [4.78, 5) is 11.4. The van der Waals surface area contributed by atoms with Crippen LogP contribution in [0.15, 0.2) is 0 Å². The molecule has 0 bridgehead atoms. The molecular formula is C19H39NO2. The molecule has 1 N–H and O–H groups in total. The second kappa shape index (κ2) is 8.44. The van der Waals surface area contributed by atoms with Gasteiger partial charge < -0.3 is 10.1 Å². The summed E-state index contributed by atoms with van der Waals surface area (Å²) in [6, 6.07) is 0.501. The molecule has 3 heteroatoms. The molecule has 0 rings (SSSR count). The van der Waals surface area contributed by atoms with Crippen LogP contribution < -0.4 is 5.32 Å². The van der Waals surface area contributed by atoms with Crippen LogP contribution in [0.25, 0.3) is 0 Å². The van der Waals surface area contributed by atoms with Gasteiger partial charge in [0.25, 0.3) is 0 Å². The van der Waals surface area contributed by atoms with E-state index in [0.717, 1.165) is 19.4 Å². The average Bonchev–Trinajstić information content (AvgIpc) is 2.29. The number of rotatable bonds is 10. The van der Waals surface area contributed by atoms with E-state index in [4.69, 9.17) is 4.74 Å². The van der Waals surface area contributed by atoms with Crippen LogP contribution >= 0.6 is 0 Å². The van der Waals surface area contributed by atoms with Crippen molar-refractivity contribution in [1.29, 1.82) is 0 Å². The van der Waals surface area contributed by atoms with E-state index in [1.54, 1.807) is 6.92 Å². The van der Waals surface area contributed by atoms with E-state index in [2.05, 4.69) is 46.9 Å². The lowest BCUT2D eigenvalue weighted by atomic mass is 9.73. The van der Waals surface area contributed by atoms with Crippen LogP contribution in [0.3, 0.4) is 0 Å². The maximum atomic E-state index is 11.4. The van der Waals surface area contributed by atoms with Crippen molar-refractivity contribution >= 4 is 5.78 Å². The summed E-state index contributed by atoms with van der Waals surface area (Å²) in [6.07, 6.45) is 3.49. The molecular weight excluding hydrogens is 274 g/mol. The normalized spacial score (nSPS) is 15.0. The summed E-state index contributed by atoms with van der Waals surface area (Å²) in [5, 5.41) is 3.59. The molecule has 3 nitrogen and oxygen atoms in total. The summed E-state index contributed by atoms with van der Waals surface area (Å²) >= 11 is 0. The van der Waals surface area contributed by atoms with Crippen LogP contribution in [0.4, 0.5) is 0 Å². The van der Waals surface area contributed by atoms with Gasteiger partial charge in [-0.2, -0.15) is 0 Å². The fourth-order valence-electron chi connectivity index (χ4n) is 3.21. The Kier molecular flexibility index (Phi) is 8.29. The minimum atomic E-state index is -0.672. The minimum Gasteiger partial charge on any atom is -0.366 e. The third-order valence-corrected chi connectivity index (χ3v) is 4.15. The van der Waals surface area contributed by atoms with Crippen LogP contribution in [0.5, 0.6) is 0 Å². The molecule has 0 aromatic heterocycles. The molecule has 0 heterocycles. The number of Topliss-reactive ketones (excluding diaryl/α,β-unsaturated/α-hetero) is 1. The average molecular weight is 314 g/mol. The number of carbonyl (C=O) groups excluding carboxylic acids is 1. The summed E-state index contributed by atoms with van der Waals surface area (Å²) < 4.78 is 5.68. The zero-order valence-electron chi connectivity index (χ0n) is 16.4. The quantitative estimate of drug-likeness (QED) is 0.599. The van der Waals surface area contributed by atoms with Crippen molar-refractivity contribution in [3.05, 3.63) is 0 Å². The molecule has 0 saturated heterocycles. The van der Waals surface area contributed by atoms with Gasteiger partial charge in [0, 0.05) is 12.6 Å². The Morgan fingerprint density at radius 1 is 1.09 bits per heavy atom. The standard InChI is InChI=1S/C19H39NO2/c1-10-16(13-18(6,7)14-17(3,4)5)20-11-12-22-19(8,9)15(2)21/h16,20H,10-14H2,1-9H3. The van der Waals surface area contributed by atoms with Gasteiger partial charge in [-0.3, -0.25) is 4.79 Å². The van der Waals surface area contributed by atoms with Crippen LogP contribution in [-0.4, -0.2) is 30.6 Å². The monoisotopic (exact) mass is 313 g/mol. The van der Waals surface area contributed by atoms with Gasteiger partial charge in [0.2, 0.25) is 0 Å². The zero-order valence-corrected chi connectivity index (χ0v) is 16.4. The van der Waals surface area contributed by atoms with E-state index in [9.17, 15) is 4.79 Å². The van der Waals surface area contributed by atoms with Gasteiger partial charge >= 0.3 is 0 Å². The van der Waals surface area contributed by atoms with Gasteiger partial charge in [-0.15, -0.1) is 0 Å². The predicted molar refractivity (Wildman–Crippen MR) is 95.3 cm³/mol. The molecule has 0 aliphatic carbocycles. The van der Waals surface area contributed by atoms with E-state index < -0.39 is 5.60 Å². The first-order valence-corrected chi connectivity index (χ1v) is 8.67. The fourth-order valence-corrected chi connectivity index (χ4v) is 3.21. The van der Waals surface area contributed by atoms with E-state index in [1.165, 1.54) is 6.42 Å². The second-order valence-corrected chi connectivity index (χ2v) is 9.08. The highest BCUT2D eigenvalue weighted by molar-refractivity contribution is 5.83. The number of ketones is 1. The molecule has 0 fully saturated rings. The Hall–Kier alpha value is -0.410. The van der Waals surface area contributed by atoms with E-state index in [1.807, 2.05) is 13.8 Å². The molecule has 0 saturated carbocycles. The van der Waals surface area contributed by atoms with Crippen molar-refractivity contribution in [2.45, 2.75) is 93.2 Å². The lowest BCUT2D eigenvalue weighted by Crippen LogP contribution is -2.39. The third-order valence-electron chi connectivity index (χ3n) is 4.15. The number of ether oxygens (including phenoxy) is 1. The molecule has 132 valence electrons. The molecule has 0 amide bonds. The molecule has 1 unspecified atom stereocenters. The Labute approximate surface area is 138 Å². The molecule has 0 aliphatic rings. The highest BCUT2D eigenvalue weighted by Crippen LogP contribution is 2.36. The third kappa shape index (κ3) is 9.58. The zero-order chi connectivity index (χ0) is 17.6. The molecule has 22 heavy (non-hydrogen) atoms. The molecule has 0 radical (unpaired) electrons. The lowest BCUT2D eigenvalue weighted by Gasteiger charge is -2.35. The molecule has 0 aromatic rings. The SMILES string of the molecule is CCC(CC(C)(C)CC(C)(C)C)NCCOC(C)(C)C(C)=O. The Morgan fingerprint density at radius 3 is 2.05 bits per heavy atom. The Morgan fingerprint density at radius 2 is 1.64 bits per heavy atom. The molecule has 0 spiro atoms. The maximum absolute atomic E-state index is 11.4. The first-order chi connectivity index (χ1) is 9.79. The van der Waals surface area contributed by atoms with Crippen molar-refractivity contribution in [1.82, 2.24) is 5.32 Å². The van der Waals surface area contributed by atoms with Crippen molar-refractivity contribution in [3.63, 3.8) is 0 Å². The fraction of sp³-hybridized carbons (Fsp3) is 0.947. The van der Waals surface area contributed by atoms with Gasteiger partial charge in [0.1, 0.15) is 5.60 Å². The van der Waals surface area contributed by atoms with Crippen molar-refractivity contribution < 1.29 is 9.53 Å². The summed E-state index contributed by atoms with van der Waals surface area (Å²) in [7, 11) is 0. The summed E-state index contributed by atoms with van der Waals surface area (Å²) in [5.74, 6) is 0.0749. The molecule has 1 atom stereocenters. The van der Waals surface area contributed by atoms with E-state index in [0.29, 0.717) is 23.5 Å². The molecule has 0 aromatic carbocycles. The first-order valence-electron chi connectivity index (χ1n) is 8.67. The number of hydrogen-bond acceptors (Lipinski definition) is 3. The number of hydrogen-bond donors (Lipinski definition) is 1. The largest absolute Gasteiger partial charge is 0.366 e. The molecule has 0 aliphatic heterocycles. The second-order valence-electron chi connectivity index (χ2n) is 9.08. The first kappa shape index (κ1) is 21.6. The Balaban J connectivity index is 4.25. The number of carbonyl (C=O) groups is 1. The van der Waals surface area contributed by atoms with E-state index in [-0.39, 0.29) is 5.78 Å². The van der Waals surface area contributed by atoms with E-state index >= 15 is 0 Å². The minimum absolute atomic E-state index is 0.0749. The van der Waals surface area contributed by atoms with Gasteiger partial charge in [-0.1, -0.05) is 41.5 Å². The van der Waals surface area contributed by atoms with Crippen LogP contribution in [0, 0.1) is 10.8 Å². The maximum Gasteiger partial charge on any atom is 0.160 e. The van der Waals surface area contributed by atoms with Crippen LogP contribution in [-0.2, 0) is 9.53 Å². The Bertz CT molecular complexity index is 340. The highest BCUT2D eigenvalue weighted by Gasteiger charge is 2.28. The summed E-state index contributed by atoms with van der Waals surface area (Å²) in [6.45, 7) is 20.5. The lowest BCUT2D eigenvalue weighted by molar-refractivity contribution is -0.137. The van der Waals surface area contributed by atoms with Crippen molar-refractivity contribution in [2.24, 2.45) is 10.8 Å². The predicted octanol–water partition coefficient (Wildman–Crippen LogP) is 4.59. The number of nitrogens with one attached hydrogen (secondary N) is 1. The van der Waals surface area contributed by atoms with Gasteiger partial charge in [0.15, 0.2) is 5.78 Å². The van der Waals surface area contributed by atoms with Crippen molar-refractivity contribution in [2.75, 3.05) is 13.2 Å². The van der Waals surface area contributed by atoms with Crippen LogP contribution in [0.1, 0.15) is 81.6 Å². The van der Waals surface area contributed by atoms with Gasteiger partial charge in [-0.25, -0.2) is 0 Å². The topological polar surface area (TPSA) is 38.3 Å². The highest BCUT2D eigenvalue weighted by atomic mass is 16.5. The van der Waals surface area contributed by atoms with Crippen LogP contribution in [0.2, 0.25) is 0 Å². The summed E-state index contributed by atoms with van der Waals surface area (Å²) in [5.41, 5.74) is 0.0107. The van der Waals surface area contributed by atoms with Crippen molar-refractivity contribution in [3.8, 4) is 0 Å². The van der Waals surface area contributed by atoms with Gasteiger partial charge in [0.05, 0.1) is 6.61 Å².